The number of nitrogens with one attached hydrogen (secondary N) is 2. The van der Waals surface area contributed by atoms with Crippen molar-refractivity contribution in [1.82, 2.24) is 25.2 Å². The molecule has 3 aromatic rings. The number of amides is 2. The maximum Gasteiger partial charge on any atom is 0.407 e. The quantitative estimate of drug-likeness (QED) is 0.625. The van der Waals surface area contributed by atoms with Gasteiger partial charge in [0.1, 0.15) is 16.5 Å². The Morgan fingerprint density at radius 3 is 2.89 bits per heavy atom. The molecule has 1 aromatic carbocycles. The average Bonchev–Trinajstić information content (AvgIpc) is 3.11. The standard InChI is InChI=1S/C19H19N5O3S/c25-17(20-11-4-5-11)14-9-28-18(23-14)10-3-6-12-13(8-10)22-16(21-12)15-2-1-7-24(15)19(26)27/h3,6,8-9,11,15H,1-2,4-5,7H2,(H,20,25)(H,21,22)(H,26,27). The molecule has 9 heteroatoms. The van der Waals surface area contributed by atoms with Crippen molar-refractivity contribution >= 4 is 34.4 Å². The van der Waals surface area contributed by atoms with Crippen LogP contribution >= 0.6 is 11.3 Å². The Bertz CT molecular complexity index is 1070. The Labute approximate surface area is 164 Å². The van der Waals surface area contributed by atoms with Crippen LogP contribution in [0.5, 0.6) is 0 Å². The van der Waals surface area contributed by atoms with Gasteiger partial charge in [-0.15, -0.1) is 11.3 Å². The molecule has 1 unspecified atom stereocenters. The molecule has 28 heavy (non-hydrogen) atoms. The van der Waals surface area contributed by atoms with E-state index in [4.69, 9.17) is 0 Å². The van der Waals surface area contributed by atoms with Crippen molar-refractivity contribution < 1.29 is 14.7 Å². The molecule has 8 nitrogen and oxygen atoms in total. The van der Waals surface area contributed by atoms with Crippen LogP contribution in [0.3, 0.4) is 0 Å². The molecule has 1 aliphatic heterocycles. The number of benzene rings is 1. The van der Waals surface area contributed by atoms with Crippen molar-refractivity contribution in [2.45, 2.75) is 37.8 Å². The van der Waals surface area contributed by atoms with Crippen LogP contribution in [0.2, 0.25) is 0 Å². The summed E-state index contributed by atoms with van der Waals surface area (Å²) in [5.41, 5.74) is 2.98. The summed E-state index contributed by atoms with van der Waals surface area (Å²) in [6, 6.07) is 5.85. The lowest BCUT2D eigenvalue weighted by atomic mass is 10.2. The molecule has 2 fully saturated rings. The monoisotopic (exact) mass is 397 g/mol. The van der Waals surface area contributed by atoms with Gasteiger partial charge < -0.3 is 15.4 Å². The first-order valence-electron chi connectivity index (χ1n) is 9.34. The van der Waals surface area contributed by atoms with Crippen LogP contribution in [0, 0.1) is 0 Å². The van der Waals surface area contributed by atoms with E-state index in [2.05, 4.69) is 20.3 Å². The zero-order valence-corrected chi connectivity index (χ0v) is 15.8. The average molecular weight is 397 g/mol. The van der Waals surface area contributed by atoms with E-state index < -0.39 is 6.09 Å². The fourth-order valence-corrected chi connectivity index (χ4v) is 4.39. The fourth-order valence-electron chi connectivity index (χ4n) is 3.60. The molecule has 0 spiro atoms. The van der Waals surface area contributed by atoms with Gasteiger partial charge in [-0.2, -0.15) is 0 Å². The van der Waals surface area contributed by atoms with Gasteiger partial charge in [0, 0.05) is 23.5 Å². The third kappa shape index (κ3) is 3.11. The summed E-state index contributed by atoms with van der Waals surface area (Å²) in [7, 11) is 0. The van der Waals surface area contributed by atoms with Crippen LogP contribution in [0.1, 0.15) is 48.0 Å². The summed E-state index contributed by atoms with van der Waals surface area (Å²) in [5.74, 6) is 0.556. The van der Waals surface area contributed by atoms with E-state index in [1.165, 1.54) is 16.2 Å². The number of fused-ring (bicyclic) bond motifs is 1. The lowest BCUT2D eigenvalue weighted by Gasteiger charge is -2.19. The number of H-pyrrole nitrogens is 1. The van der Waals surface area contributed by atoms with E-state index in [0.29, 0.717) is 24.1 Å². The van der Waals surface area contributed by atoms with Gasteiger partial charge in [-0.3, -0.25) is 9.69 Å². The molecular formula is C19H19N5O3S. The lowest BCUT2D eigenvalue weighted by Crippen LogP contribution is -2.29. The first kappa shape index (κ1) is 17.2. The molecule has 2 aliphatic rings. The van der Waals surface area contributed by atoms with Crippen LogP contribution in [0.4, 0.5) is 4.79 Å². The normalized spacial score (nSPS) is 19.3. The smallest absolute Gasteiger partial charge is 0.407 e. The zero-order valence-electron chi connectivity index (χ0n) is 15.0. The van der Waals surface area contributed by atoms with Gasteiger partial charge in [0.05, 0.1) is 17.1 Å². The summed E-state index contributed by atoms with van der Waals surface area (Å²) >= 11 is 1.43. The Balaban J connectivity index is 1.41. The van der Waals surface area contributed by atoms with Gasteiger partial charge in [-0.1, -0.05) is 0 Å². The number of carbonyl (C=O) groups excluding carboxylic acids is 1. The molecule has 3 heterocycles. The summed E-state index contributed by atoms with van der Waals surface area (Å²) in [5, 5.41) is 14.9. The van der Waals surface area contributed by atoms with E-state index in [9.17, 15) is 14.7 Å². The van der Waals surface area contributed by atoms with Crippen molar-refractivity contribution in [3.05, 3.63) is 35.1 Å². The van der Waals surface area contributed by atoms with Crippen LogP contribution in [0.15, 0.2) is 23.6 Å². The second-order valence-electron chi connectivity index (χ2n) is 7.27. The number of rotatable bonds is 4. The van der Waals surface area contributed by atoms with E-state index in [1.54, 1.807) is 5.38 Å². The largest absolute Gasteiger partial charge is 0.465 e. The highest BCUT2D eigenvalue weighted by Gasteiger charge is 2.32. The molecular weight excluding hydrogens is 378 g/mol. The van der Waals surface area contributed by atoms with Crippen LogP contribution in [-0.4, -0.2) is 49.5 Å². The molecule has 2 aromatic heterocycles. The molecule has 2 amide bonds. The van der Waals surface area contributed by atoms with Gasteiger partial charge in [-0.05, 0) is 43.9 Å². The molecule has 0 bridgehead atoms. The number of carbonyl (C=O) groups is 2. The number of nitrogens with zero attached hydrogens (tertiary/aromatic N) is 3. The highest BCUT2D eigenvalue weighted by Crippen LogP contribution is 2.33. The van der Waals surface area contributed by atoms with Gasteiger partial charge >= 0.3 is 6.09 Å². The van der Waals surface area contributed by atoms with Crippen molar-refractivity contribution in [3.63, 3.8) is 0 Å². The summed E-state index contributed by atoms with van der Waals surface area (Å²) in [6.45, 7) is 0.535. The number of hydrogen-bond donors (Lipinski definition) is 3. The van der Waals surface area contributed by atoms with Gasteiger partial charge in [0.15, 0.2) is 0 Å². The predicted molar refractivity (Wildman–Crippen MR) is 104 cm³/mol. The third-order valence-corrected chi connectivity index (χ3v) is 6.10. The molecule has 1 saturated carbocycles. The molecule has 5 rings (SSSR count). The van der Waals surface area contributed by atoms with E-state index >= 15 is 0 Å². The van der Waals surface area contributed by atoms with Gasteiger partial charge in [0.2, 0.25) is 0 Å². The first-order valence-corrected chi connectivity index (χ1v) is 10.2. The van der Waals surface area contributed by atoms with Crippen LogP contribution in [0.25, 0.3) is 21.6 Å². The predicted octanol–water partition coefficient (Wildman–Crippen LogP) is 3.39. The Morgan fingerprint density at radius 1 is 1.25 bits per heavy atom. The first-order chi connectivity index (χ1) is 13.6. The minimum absolute atomic E-state index is 0.120. The summed E-state index contributed by atoms with van der Waals surface area (Å²) in [4.78, 5) is 37.3. The molecule has 3 N–H and O–H groups in total. The van der Waals surface area contributed by atoms with Crippen molar-refractivity contribution in [2.75, 3.05) is 6.54 Å². The topological polar surface area (TPSA) is 111 Å². The van der Waals surface area contributed by atoms with Gasteiger partial charge in [-0.25, -0.2) is 14.8 Å². The fraction of sp³-hybridized carbons (Fsp3) is 0.368. The second kappa shape index (κ2) is 6.59. The Morgan fingerprint density at radius 2 is 2.11 bits per heavy atom. The maximum absolute atomic E-state index is 12.2. The van der Waals surface area contributed by atoms with Crippen LogP contribution in [-0.2, 0) is 0 Å². The molecule has 1 saturated heterocycles. The van der Waals surface area contributed by atoms with Crippen molar-refractivity contribution in [3.8, 4) is 10.6 Å². The minimum Gasteiger partial charge on any atom is -0.465 e. The number of hydrogen-bond acceptors (Lipinski definition) is 5. The summed E-state index contributed by atoms with van der Waals surface area (Å²) in [6.07, 6.45) is 2.78. The Hall–Kier alpha value is -2.94. The molecule has 144 valence electrons. The van der Waals surface area contributed by atoms with E-state index in [1.807, 2.05) is 18.2 Å². The van der Waals surface area contributed by atoms with Crippen molar-refractivity contribution in [2.24, 2.45) is 0 Å². The number of aromatic nitrogens is 3. The number of aromatic amines is 1. The van der Waals surface area contributed by atoms with Gasteiger partial charge in [0.25, 0.3) is 5.91 Å². The maximum atomic E-state index is 12.2. The van der Waals surface area contributed by atoms with Crippen molar-refractivity contribution in [1.29, 1.82) is 0 Å². The van der Waals surface area contributed by atoms with Crippen LogP contribution < -0.4 is 5.32 Å². The highest BCUT2D eigenvalue weighted by atomic mass is 32.1. The van der Waals surface area contributed by atoms with E-state index in [0.717, 1.165) is 47.3 Å². The Kier molecular flexibility index (Phi) is 4.04. The van der Waals surface area contributed by atoms with E-state index in [-0.39, 0.29) is 11.9 Å². The molecule has 1 aliphatic carbocycles. The molecule has 1 atom stereocenters. The second-order valence-corrected chi connectivity index (χ2v) is 8.13. The number of likely N-dealkylation sites (tertiary alicyclic amines) is 1. The SMILES string of the molecule is O=C(NC1CC1)c1csc(-c2ccc3nc(C4CCCN4C(=O)O)[nH]c3c2)n1. The number of carboxylic acid groups (broad SMARTS) is 1. The third-order valence-electron chi connectivity index (χ3n) is 5.21. The molecule has 0 radical (unpaired) electrons. The lowest BCUT2D eigenvalue weighted by molar-refractivity contribution is 0.0946. The minimum atomic E-state index is -0.913. The highest BCUT2D eigenvalue weighted by molar-refractivity contribution is 7.13. The number of thiazole rings is 1. The summed E-state index contributed by atoms with van der Waals surface area (Å²) < 4.78 is 0. The zero-order chi connectivity index (χ0) is 19.3. The number of imidazole rings is 1.